The molecule has 4 nitrogen and oxygen atoms in total. The molecule has 5 rings (SSSR count). The minimum atomic E-state index is 0.823. The third kappa shape index (κ3) is 6.73. The lowest BCUT2D eigenvalue weighted by Crippen LogP contribution is -1.92. The van der Waals surface area contributed by atoms with Crippen LogP contribution in [0.15, 0.2) is 109 Å². The van der Waals surface area contributed by atoms with Gasteiger partial charge >= 0.3 is 0 Å². The van der Waals surface area contributed by atoms with E-state index in [-0.39, 0.29) is 0 Å². The Morgan fingerprint density at radius 1 is 0.357 bits per heavy atom. The fourth-order valence-electron chi connectivity index (χ4n) is 4.75. The van der Waals surface area contributed by atoms with E-state index in [0.29, 0.717) is 0 Å². The molecular formula is C38H34O4. The Morgan fingerprint density at radius 2 is 0.643 bits per heavy atom. The molecule has 0 aliphatic heterocycles. The quantitative estimate of drug-likeness (QED) is 0.161. The standard InChI is InChI=1S/C38H34O4/c1-39-33-17-7-27(8-18-33)5-11-31-25-38(30-15-23-36(42-4)24-16-30)32(12-6-28-9-19-34(40-2)20-10-28)26-37(31)29-13-21-35(41-3)22-14-29/h5-26H,1-4H3/b11-5+,12-6?. The molecule has 5 aromatic carbocycles. The SMILES string of the molecule is COc1ccc(C=Cc2cc(-c3ccc(OC)cc3)c(/C=C/c3ccc(OC)cc3)cc2-c2ccc(OC)cc2)cc1. The average molecular weight is 555 g/mol. The second-order valence-electron chi connectivity index (χ2n) is 9.70. The molecule has 0 radical (unpaired) electrons. The molecule has 4 heteroatoms. The molecule has 0 amide bonds. The van der Waals surface area contributed by atoms with Crippen LogP contribution >= 0.6 is 0 Å². The molecule has 0 heterocycles. The van der Waals surface area contributed by atoms with Crippen LogP contribution in [0.4, 0.5) is 0 Å². The fraction of sp³-hybridized carbons (Fsp3) is 0.105. The van der Waals surface area contributed by atoms with E-state index in [1.807, 2.05) is 48.5 Å². The van der Waals surface area contributed by atoms with Gasteiger partial charge in [0.15, 0.2) is 0 Å². The molecule has 42 heavy (non-hydrogen) atoms. The van der Waals surface area contributed by atoms with Crippen molar-refractivity contribution >= 4 is 24.3 Å². The van der Waals surface area contributed by atoms with E-state index >= 15 is 0 Å². The van der Waals surface area contributed by atoms with Gasteiger partial charge < -0.3 is 18.9 Å². The zero-order valence-corrected chi connectivity index (χ0v) is 24.3. The lowest BCUT2D eigenvalue weighted by atomic mass is 9.89. The summed E-state index contributed by atoms with van der Waals surface area (Å²) in [7, 11) is 6.72. The highest BCUT2D eigenvalue weighted by molar-refractivity contribution is 5.90. The number of hydrogen-bond donors (Lipinski definition) is 0. The Bertz CT molecular complexity index is 1530. The summed E-state index contributed by atoms with van der Waals surface area (Å²) < 4.78 is 21.5. The van der Waals surface area contributed by atoms with Gasteiger partial charge in [0.2, 0.25) is 0 Å². The van der Waals surface area contributed by atoms with Gasteiger partial charge in [0.25, 0.3) is 0 Å². The normalized spacial score (nSPS) is 11.1. The summed E-state index contributed by atoms with van der Waals surface area (Å²) in [6.45, 7) is 0. The van der Waals surface area contributed by atoms with E-state index in [1.165, 1.54) is 0 Å². The molecule has 0 bridgehead atoms. The van der Waals surface area contributed by atoms with Crippen LogP contribution in [0.1, 0.15) is 22.3 Å². The molecule has 0 aliphatic carbocycles. The molecular weight excluding hydrogens is 520 g/mol. The second kappa shape index (κ2) is 13.4. The average Bonchev–Trinajstić information content (AvgIpc) is 3.06. The van der Waals surface area contributed by atoms with Crippen LogP contribution in [-0.4, -0.2) is 28.4 Å². The molecule has 0 aliphatic rings. The largest absolute Gasteiger partial charge is 0.497 e. The Labute approximate surface area is 248 Å². The smallest absolute Gasteiger partial charge is 0.118 e. The Morgan fingerprint density at radius 3 is 0.929 bits per heavy atom. The van der Waals surface area contributed by atoms with E-state index in [1.54, 1.807) is 28.4 Å². The molecule has 0 atom stereocenters. The predicted molar refractivity (Wildman–Crippen MR) is 174 cm³/mol. The number of methoxy groups -OCH3 is 4. The van der Waals surface area contributed by atoms with Crippen LogP contribution in [0.5, 0.6) is 23.0 Å². The third-order valence-electron chi connectivity index (χ3n) is 7.17. The summed E-state index contributed by atoms with van der Waals surface area (Å²) >= 11 is 0. The van der Waals surface area contributed by atoms with Gasteiger partial charge in [-0.3, -0.25) is 0 Å². The van der Waals surface area contributed by atoms with Crippen LogP contribution < -0.4 is 18.9 Å². The first-order chi connectivity index (χ1) is 20.6. The molecule has 0 aromatic heterocycles. The summed E-state index contributed by atoms with van der Waals surface area (Å²) in [4.78, 5) is 0. The number of hydrogen-bond acceptors (Lipinski definition) is 4. The minimum Gasteiger partial charge on any atom is -0.497 e. The van der Waals surface area contributed by atoms with Crippen molar-refractivity contribution in [3.8, 4) is 45.3 Å². The maximum atomic E-state index is 5.43. The summed E-state index contributed by atoms with van der Waals surface area (Å²) in [5.41, 5.74) is 8.82. The van der Waals surface area contributed by atoms with Gasteiger partial charge in [-0.2, -0.15) is 0 Å². The first-order valence-electron chi connectivity index (χ1n) is 13.7. The summed E-state index contributed by atoms with van der Waals surface area (Å²) in [5.74, 6) is 3.31. The zero-order valence-electron chi connectivity index (χ0n) is 24.3. The monoisotopic (exact) mass is 554 g/mol. The molecule has 0 saturated heterocycles. The van der Waals surface area contributed by atoms with Gasteiger partial charge in [-0.25, -0.2) is 0 Å². The van der Waals surface area contributed by atoms with Crippen LogP contribution in [0.3, 0.4) is 0 Å². The summed E-state index contributed by atoms with van der Waals surface area (Å²) in [5, 5.41) is 0. The molecule has 0 spiro atoms. The van der Waals surface area contributed by atoms with Gasteiger partial charge in [0.1, 0.15) is 23.0 Å². The second-order valence-corrected chi connectivity index (χ2v) is 9.70. The highest BCUT2D eigenvalue weighted by Crippen LogP contribution is 2.36. The van der Waals surface area contributed by atoms with Gasteiger partial charge in [0.05, 0.1) is 28.4 Å². The van der Waals surface area contributed by atoms with E-state index in [0.717, 1.165) is 67.5 Å². The molecule has 0 unspecified atom stereocenters. The van der Waals surface area contributed by atoms with Gasteiger partial charge in [-0.05, 0) is 105 Å². The van der Waals surface area contributed by atoms with Crippen LogP contribution in [0.25, 0.3) is 46.6 Å². The minimum absolute atomic E-state index is 0.823. The number of ether oxygens (including phenoxy) is 4. The zero-order chi connectivity index (χ0) is 29.3. The van der Waals surface area contributed by atoms with Gasteiger partial charge in [-0.1, -0.05) is 72.8 Å². The van der Waals surface area contributed by atoms with Crippen molar-refractivity contribution in [1.29, 1.82) is 0 Å². The molecule has 0 fully saturated rings. The molecule has 0 N–H and O–H groups in total. The predicted octanol–water partition coefficient (Wildman–Crippen LogP) is 9.40. The number of benzene rings is 5. The van der Waals surface area contributed by atoms with E-state index < -0.39 is 0 Å². The van der Waals surface area contributed by atoms with Crippen molar-refractivity contribution in [3.63, 3.8) is 0 Å². The summed E-state index contributed by atoms with van der Waals surface area (Å²) in [6, 6.07) is 37.0. The van der Waals surface area contributed by atoms with Crippen LogP contribution in [0.2, 0.25) is 0 Å². The Kier molecular flexibility index (Phi) is 9.05. The summed E-state index contributed by atoms with van der Waals surface area (Å²) in [6.07, 6.45) is 8.61. The van der Waals surface area contributed by atoms with Crippen molar-refractivity contribution < 1.29 is 18.9 Å². The first kappa shape index (κ1) is 28.3. The highest BCUT2D eigenvalue weighted by atomic mass is 16.5. The van der Waals surface area contributed by atoms with Crippen molar-refractivity contribution in [2.24, 2.45) is 0 Å². The molecule has 5 aromatic rings. The van der Waals surface area contributed by atoms with Gasteiger partial charge in [-0.15, -0.1) is 0 Å². The topological polar surface area (TPSA) is 36.9 Å². The van der Waals surface area contributed by atoms with E-state index in [9.17, 15) is 0 Å². The van der Waals surface area contributed by atoms with Crippen molar-refractivity contribution in [1.82, 2.24) is 0 Å². The van der Waals surface area contributed by atoms with Crippen molar-refractivity contribution in [3.05, 3.63) is 131 Å². The van der Waals surface area contributed by atoms with E-state index in [2.05, 4.69) is 85.0 Å². The van der Waals surface area contributed by atoms with Crippen molar-refractivity contribution in [2.45, 2.75) is 0 Å². The molecule has 0 saturated carbocycles. The van der Waals surface area contributed by atoms with Gasteiger partial charge in [0, 0.05) is 0 Å². The lowest BCUT2D eigenvalue weighted by Gasteiger charge is -2.15. The maximum Gasteiger partial charge on any atom is 0.118 e. The molecule has 210 valence electrons. The maximum absolute atomic E-state index is 5.43. The highest BCUT2D eigenvalue weighted by Gasteiger charge is 2.12. The Hall–Kier alpha value is -5.22. The van der Waals surface area contributed by atoms with Crippen LogP contribution in [0, 0.1) is 0 Å². The number of rotatable bonds is 10. The lowest BCUT2D eigenvalue weighted by molar-refractivity contribution is 0.414. The fourth-order valence-corrected chi connectivity index (χ4v) is 4.75. The first-order valence-corrected chi connectivity index (χ1v) is 13.7. The third-order valence-corrected chi connectivity index (χ3v) is 7.17. The van der Waals surface area contributed by atoms with Crippen LogP contribution in [-0.2, 0) is 0 Å². The van der Waals surface area contributed by atoms with Crippen molar-refractivity contribution in [2.75, 3.05) is 28.4 Å². The van der Waals surface area contributed by atoms with E-state index in [4.69, 9.17) is 18.9 Å². The Balaban J connectivity index is 1.66.